The van der Waals surface area contributed by atoms with Crippen molar-refractivity contribution in [3.05, 3.63) is 82.9 Å². The SMILES string of the molecule is CCCCC[C@H]1CC[C@H](C(=CCOCC=C(c2ccc(C#N)cc2)[C@H]2CC[C@H](CCCCC)CC2)c2ccc(C#N)cc2)CC1. The van der Waals surface area contributed by atoms with Crippen LogP contribution in [0.1, 0.15) is 139 Å². The Labute approximate surface area is 274 Å². The number of nitriles is 2. The van der Waals surface area contributed by atoms with Gasteiger partial charge in [-0.05, 0) is 122 Å². The Morgan fingerprint density at radius 2 is 0.978 bits per heavy atom. The maximum Gasteiger partial charge on any atom is 0.0991 e. The molecule has 0 amide bonds. The highest BCUT2D eigenvalue weighted by Gasteiger charge is 2.26. The minimum absolute atomic E-state index is 0.557. The molecule has 0 aliphatic heterocycles. The lowest BCUT2D eigenvalue weighted by Gasteiger charge is -2.31. The van der Waals surface area contributed by atoms with Gasteiger partial charge in [-0.3, -0.25) is 0 Å². The Morgan fingerprint density at radius 1 is 0.600 bits per heavy atom. The van der Waals surface area contributed by atoms with E-state index in [1.54, 1.807) is 0 Å². The van der Waals surface area contributed by atoms with Crippen molar-refractivity contribution < 1.29 is 4.74 Å². The van der Waals surface area contributed by atoms with Crippen LogP contribution < -0.4 is 0 Å². The predicted molar refractivity (Wildman–Crippen MR) is 188 cm³/mol. The first-order valence-corrected chi connectivity index (χ1v) is 18.1. The van der Waals surface area contributed by atoms with E-state index in [0.717, 1.165) is 11.8 Å². The van der Waals surface area contributed by atoms with Gasteiger partial charge in [0.15, 0.2) is 0 Å². The van der Waals surface area contributed by atoms with E-state index in [2.05, 4.69) is 62.4 Å². The quantitative estimate of drug-likeness (QED) is 0.179. The number of ether oxygens (including phenoxy) is 1. The van der Waals surface area contributed by atoms with Crippen LogP contribution in [-0.4, -0.2) is 13.2 Å². The van der Waals surface area contributed by atoms with Crippen LogP contribution in [0.5, 0.6) is 0 Å². The van der Waals surface area contributed by atoms with Crippen LogP contribution >= 0.6 is 0 Å². The van der Waals surface area contributed by atoms with Gasteiger partial charge in [0, 0.05) is 0 Å². The summed E-state index contributed by atoms with van der Waals surface area (Å²) in [5.74, 6) is 2.87. The lowest BCUT2D eigenvalue weighted by molar-refractivity contribution is 0.193. The second-order valence-electron chi connectivity index (χ2n) is 13.7. The van der Waals surface area contributed by atoms with Gasteiger partial charge in [0.25, 0.3) is 0 Å². The number of rotatable bonds is 16. The Kier molecular flexibility index (Phi) is 15.0. The van der Waals surface area contributed by atoms with E-state index in [-0.39, 0.29) is 0 Å². The molecule has 3 nitrogen and oxygen atoms in total. The third kappa shape index (κ3) is 11.0. The van der Waals surface area contributed by atoms with Gasteiger partial charge in [-0.15, -0.1) is 0 Å². The molecule has 2 aliphatic rings. The first-order chi connectivity index (χ1) is 22.1. The van der Waals surface area contributed by atoms with E-state index in [1.165, 1.54) is 125 Å². The molecule has 4 rings (SSSR count). The third-order valence-electron chi connectivity index (χ3n) is 10.5. The monoisotopic (exact) mass is 604 g/mol. The van der Waals surface area contributed by atoms with E-state index < -0.39 is 0 Å². The lowest BCUT2D eigenvalue weighted by Crippen LogP contribution is -2.17. The largest absolute Gasteiger partial charge is 0.373 e. The summed E-state index contributed by atoms with van der Waals surface area (Å²) in [6.45, 7) is 5.76. The first kappa shape index (κ1) is 34.7. The van der Waals surface area contributed by atoms with Crippen molar-refractivity contribution in [2.45, 2.75) is 117 Å². The zero-order valence-electron chi connectivity index (χ0n) is 28.1. The van der Waals surface area contributed by atoms with Crippen LogP contribution in [-0.2, 0) is 4.74 Å². The predicted octanol–water partition coefficient (Wildman–Crippen LogP) is 11.7. The van der Waals surface area contributed by atoms with Crippen molar-refractivity contribution in [1.29, 1.82) is 10.5 Å². The van der Waals surface area contributed by atoms with Gasteiger partial charge in [-0.25, -0.2) is 0 Å². The molecule has 0 bridgehead atoms. The van der Waals surface area contributed by atoms with E-state index in [0.29, 0.717) is 36.2 Å². The number of hydrogen-bond acceptors (Lipinski definition) is 3. The van der Waals surface area contributed by atoms with Gasteiger partial charge in [0.05, 0.1) is 36.5 Å². The minimum Gasteiger partial charge on any atom is -0.373 e. The fraction of sp³-hybridized carbons (Fsp3) is 0.571. The van der Waals surface area contributed by atoms with Gasteiger partial charge in [0.2, 0.25) is 0 Å². The number of benzene rings is 2. The Hall–Kier alpha value is -3.14. The van der Waals surface area contributed by atoms with E-state index >= 15 is 0 Å². The minimum atomic E-state index is 0.557. The Morgan fingerprint density at radius 3 is 1.31 bits per heavy atom. The van der Waals surface area contributed by atoms with Crippen molar-refractivity contribution >= 4 is 11.1 Å². The molecule has 2 saturated carbocycles. The summed E-state index contributed by atoms with van der Waals surface area (Å²) >= 11 is 0. The highest BCUT2D eigenvalue weighted by molar-refractivity contribution is 5.69. The van der Waals surface area contributed by atoms with Crippen LogP contribution in [0.3, 0.4) is 0 Å². The highest BCUT2D eigenvalue weighted by atomic mass is 16.5. The molecule has 0 atom stereocenters. The van der Waals surface area contributed by atoms with Gasteiger partial charge >= 0.3 is 0 Å². The molecule has 0 spiro atoms. The zero-order valence-corrected chi connectivity index (χ0v) is 28.1. The van der Waals surface area contributed by atoms with Gasteiger partial charge in [0.1, 0.15) is 0 Å². The normalized spacial score (nSPS) is 22.5. The summed E-state index contributed by atoms with van der Waals surface area (Å²) in [6, 6.07) is 20.8. The Balaban J connectivity index is 1.42. The summed E-state index contributed by atoms with van der Waals surface area (Å²) in [5, 5.41) is 18.7. The van der Waals surface area contributed by atoms with Crippen LogP contribution in [0, 0.1) is 46.3 Å². The van der Waals surface area contributed by atoms with Gasteiger partial charge in [-0.1, -0.05) is 102 Å². The van der Waals surface area contributed by atoms with E-state index in [4.69, 9.17) is 4.74 Å². The summed E-state index contributed by atoms with van der Waals surface area (Å²) in [5.41, 5.74) is 6.68. The molecule has 45 heavy (non-hydrogen) atoms. The highest BCUT2D eigenvalue weighted by Crippen LogP contribution is 2.41. The molecule has 0 aromatic heterocycles. The molecular formula is C42H56N2O. The van der Waals surface area contributed by atoms with Crippen LogP contribution in [0.2, 0.25) is 0 Å². The first-order valence-electron chi connectivity index (χ1n) is 18.1. The molecule has 3 heteroatoms. The van der Waals surface area contributed by atoms with Crippen molar-refractivity contribution in [2.24, 2.45) is 23.7 Å². The second kappa shape index (κ2) is 19.4. The molecule has 240 valence electrons. The lowest BCUT2D eigenvalue weighted by atomic mass is 9.75. The fourth-order valence-electron chi connectivity index (χ4n) is 7.77. The summed E-state index contributed by atoms with van der Waals surface area (Å²) < 4.78 is 6.32. The Bertz CT molecular complexity index is 1170. The zero-order chi connectivity index (χ0) is 31.7. The molecule has 2 aliphatic carbocycles. The molecule has 0 radical (unpaired) electrons. The topological polar surface area (TPSA) is 56.8 Å². The van der Waals surface area contributed by atoms with Crippen LogP contribution in [0.25, 0.3) is 11.1 Å². The average molecular weight is 605 g/mol. The molecule has 0 heterocycles. The molecule has 0 saturated heterocycles. The number of nitrogens with zero attached hydrogens (tertiary/aromatic N) is 2. The van der Waals surface area contributed by atoms with Crippen molar-refractivity contribution in [3.8, 4) is 12.1 Å². The molecular weight excluding hydrogens is 548 g/mol. The van der Waals surface area contributed by atoms with Crippen LogP contribution in [0.15, 0.2) is 60.7 Å². The fourth-order valence-corrected chi connectivity index (χ4v) is 7.77. The molecule has 0 N–H and O–H groups in total. The van der Waals surface area contributed by atoms with Gasteiger partial charge in [-0.2, -0.15) is 10.5 Å². The summed E-state index contributed by atoms with van der Waals surface area (Å²) in [6.07, 6.45) is 25.7. The molecule has 2 aromatic carbocycles. The molecule has 0 unspecified atom stereocenters. The van der Waals surface area contributed by atoms with Crippen molar-refractivity contribution in [3.63, 3.8) is 0 Å². The second-order valence-corrected chi connectivity index (χ2v) is 13.7. The van der Waals surface area contributed by atoms with E-state index in [1.807, 2.05) is 24.3 Å². The van der Waals surface area contributed by atoms with E-state index in [9.17, 15) is 10.5 Å². The standard InChI is InChI=1S/C42H56N2O/c1-3-5-7-9-33-11-19-37(20-12-33)41(39-23-15-35(31-43)16-24-39)27-29-45-30-28-42(40-25-17-36(32-44)18-26-40)38-21-13-34(14-22-38)10-8-6-4-2/h15-18,23-28,33-34,37-38H,3-14,19-22,29-30H2,1-2H3/t33-,34-,37-,38-. The number of hydrogen-bond donors (Lipinski definition) is 0. The van der Waals surface area contributed by atoms with Crippen LogP contribution in [0.4, 0.5) is 0 Å². The van der Waals surface area contributed by atoms with Crippen molar-refractivity contribution in [1.82, 2.24) is 0 Å². The average Bonchev–Trinajstić information content (AvgIpc) is 3.09. The molecule has 2 fully saturated rings. The summed E-state index contributed by atoms with van der Waals surface area (Å²) in [4.78, 5) is 0. The number of allylic oxidation sites excluding steroid dienone is 2. The maximum absolute atomic E-state index is 9.33. The maximum atomic E-state index is 9.33. The van der Waals surface area contributed by atoms with Gasteiger partial charge < -0.3 is 4.74 Å². The van der Waals surface area contributed by atoms with Crippen molar-refractivity contribution in [2.75, 3.05) is 13.2 Å². The smallest absolute Gasteiger partial charge is 0.0991 e. The summed E-state index contributed by atoms with van der Waals surface area (Å²) in [7, 11) is 0. The number of unbranched alkanes of at least 4 members (excludes halogenated alkanes) is 4. The molecule has 2 aromatic rings. The third-order valence-corrected chi connectivity index (χ3v) is 10.5.